The zero-order chi connectivity index (χ0) is 15.3. The normalized spacial score (nSPS) is 23.0. The summed E-state index contributed by atoms with van der Waals surface area (Å²) in [5.41, 5.74) is 0. The Hall–Kier alpha value is -1.21. The van der Waals surface area contributed by atoms with Crippen LogP contribution in [0.4, 0.5) is 5.95 Å². The minimum atomic E-state index is -3.51. The SMILES string of the molecule is CCNc1ncc(S(=O)(=O)NCC2CCC(C)CC2)cn1. The maximum absolute atomic E-state index is 12.2. The van der Waals surface area contributed by atoms with Gasteiger partial charge in [0.05, 0.1) is 12.4 Å². The first-order chi connectivity index (χ1) is 10.0. The fourth-order valence-corrected chi connectivity index (χ4v) is 3.55. The van der Waals surface area contributed by atoms with E-state index in [0.29, 0.717) is 25.0 Å². The first kappa shape index (κ1) is 16.2. The molecule has 1 aliphatic rings. The van der Waals surface area contributed by atoms with E-state index in [9.17, 15) is 8.42 Å². The number of aromatic nitrogens is 2. The van der Waals surface area contributed by atoms with Crippen LogP contribution < -0.4 is 10.0 Å². The second kappa shape index (κ2) is 7.17. The van der Waals surface area contributed by atoms with Crippen LogP contribution in [0.1, 0.15) is 39.5 Å². The molecule has 0 amide bonds. The summed E-state index contributed by atoms with van der Waals surface area (Å²) in [5.74, 6) is 1.65. The Morgan fingerprint density at radius 3 is 2.38 bits per heavy atom. The molecule has 0 aliphatic heterocycles. The second-order valence-electron chi connectivity index (χ2n) is 5.75. The Balaban J connectivity index is 1.91. The lowest BCUT2D eigenvalue weighted by molar-refractivity contribution is 0.290. The average molecular weight is 312 g/mol. The van der Waals surface area contributed by atoms with Crippen molar-refractivity contribution in [3.8, 4) is 0 Å². The molecule has 0 saturated heterocycles. The molecule has 2 N–H and O–H groups in total. The van der Waals surface area contributed by atoms with Gasteiger partial charge < -0.3 is 5.32 Å². The van der Waals surface area contributed by atoms with Crippen molar-refractivity contribution in [2.24, 2.45) is 11.8 Å². The van der Waals surface area contributed by atoms with Crippen LogP contribution in [0.3, 0.4) is 0 Å². The maximum Gasteiger partial charge on any atom is 0.243 e. The van der Waals surface area contributed by atoms with Gasteiger partial charge in [-0.1, -0.05) is 19.8 Å². The van der Waals surface area contributed by atoms with E-state index in [2.05, 4.69) is 26.9 Å². The van der Waals surface area contributed by atoms with Crippen molar-refractivity contribution >= 4 is 16.0 Å². The van der Waals surface area contributed by atoms with Crippen molar-refractivity contribution in [1.82, 2.24) is 14.7 Å². The van der Waals surface area contributed by atoms with E-state index in [4.69, 9.17) is 0 Å². The van der Waals surface area contributed by atoms with Gasteiger partial charge in [0.25, 0.3) is 0 Å². The van der Waals surface area contributed by atoms with E-state index >= 15 is 0 Å². The van der Waals surface area contributed by atoms with E-state index < -0.39 is 10.0 Å². The molecule has 1 aliphatic carbocycles. The zero-order valence-corrected chi connectivity index (χ0v) is 13.5. The number of anilines is 1. The molecule has 0 radical (unpaired) electrons. The van der Waals surface area contributed by atoms with Crippen LogP contribution in [0, 0.1) is 11.8 Å². The third-order valence-corrected chi connectivity index (χ3v) is 5.35. The van der Waals surface area contributed by atoms with Gasteiger partial charge in [-0.25, -0.2) is 23.1 Å². The Morgan fingerprint density at radius 2 is 1.81 bits per heavy atom. The molecule has 0 aromatic carbocycles. The van der Waals surface area contributed by atoms with Crippen molar-refractivity contribution in [1.29, 1.82) is 0 Å². The topological polar surface area (TPSA) is 84.0 Å². The molecule has 1 heterocycles. The number of hydrogen-bond donors (Lipinski definition) is 2. The van der Waals surface area contributed by atoms with Gasteiger partial charge in [0.1, 0.15) is 4.90 Å². The summed E-state index contributed by atoms with van der Waals surface area (Å²) >= 11 is 0. The van der Waals surface area contributed by atoms with Crippen molar-refractivity contribution in [2.75, 3.05) is 18.4 Å². The molecular weight excluding hydrogens is 288 g/mol. The molecule has 21 heavy (non-hydrogen) atoms. The molecule has 6 nitrogen and oxygen atoms in total. The van der Waals surface area contributed by atoms with Crippen LogP contribution in [-0.2, 0) is 10.0 Å². The van der Waals surface area contributed by atoms with E-state index in [-0.39, 0.29) is 4.90 Å². The summed E-state index contributed by atoms with van der Waals surface area (Å²) in [4.78, 5) is 8.11. The Bertz CT molecular complexity index is 537. The van der Waals surface area contributed by atoms with Gasteiger partial charge in [-0.3, -0.25) is 0 Å². The second-order valence-corrected chi connectivity index (χ2v) is 7.52. The lowest BCUT2D eigenvalue weighted by atomic mass is 9.83. The molecule has 7 heteroatoms. The van der Waals surface area contributed by atoms with Crippen LogP contribution in [0.2, 0.25) is 0 Å². The summed E-state index contributed by atoms with van der Waals surface area (Å²) in [6, 6.07) is 0. The number of rotatable bonds is 6. The van der Waals surface area contributed by atoms with Crippen molar-refractivity contribution in [3.05, 3.63) is 12.4 Å². The van der Waals surface area contributed by atoms with Gasteiger partial charge in [-0.15, -0.1) is 0 Å². The molecule has 0 bridgehead atoms. The molecule has 118 valence electrons. The largest absolute Gasteiger partial charge is 0.355 e. The third-order valence-electron chi connectivity index (χ3n) is 3.97. The molecule has 1 fully saturated rings. The Morgan fingerprint density at radius 1 is 1.19 bits per heavy atom. The highest BCUT2D eigenvalue weighted by Gasteiger charge is 2.21. The molecule has 1 saturated carbocycles. The quantitative estimate of drug-likeness (QED) is 0.839. The molecule has 2 rings (SSSR count). The molecule has 0 spiro atoms. The predicted octanol–water partition coefficient (Wildman–Crippen LogP) is 2.01. The van der Waals surface area contributed by atoms with E-state index in [1.807, 2.05) is 6.92 Å². The fourth-order valence-electron chi connectivity index (χ4n) is 2.55. The van der Waals surface area contributed by atoms with Gasteiger partial charge in [-0.05, 0) is 31.6 Å². The van der Waals surface area contributed by atoms with Crippen LogP contribution in [-0.4, -0.2) is 31.5 Å². The highest BCUT2D eigenvalue weighted by molar-refractivity contribution is 7.89. The van der Waals surface area contributed by atoms with Crippen LogP contribution in [0.15, 0.2) is 17.3 Å². The summed E-state index contributed by atoms with van der Waals surface area (Å²) in [7, 11) is -3.51. The lowest BCUT2D eigenvalue weighted by Crippen LogP contribution is -2.31. The minimum absolute atomic E-state index is 0.119. The highest BCUT2D eigenvalue weighted by atomic mass is 32.2. The van der Waals surface area contributed by atoms with Crippen molar-refractivity contribution < 1.29 is 8.42 Å². The number of nitrogens with zero attached hydrogens (tertiary/aromatic N) is 2. The number of sulfonamides is 1. The van der Waals surface area contributed by atoms with Crippen LogP contribution in [0.5, 0.6) is 0 Å². The highest BCUT2D eigenvalue weighted by Crippen LogP contribution is 2.27. The first-order valence-electron chi connectivity index (χ1n) is 7.57. The standard InChI is InChI=1S/C14H24N4O2S/c1-3-15-14-16-9-13(10-17-14)21(19,20)18-8-12-6-4-11(2)5-7-12/h9-12,18H,3-8H2,1-2H3,(H,15,16,17). The summed E-state index contributed by atoms with van der Waals surface area (Å²) in [5, 5.41) is 2.94. The van der Waals surface area contributed by atoms with Gasteiger partial charge in [0.2, 0.25) is 16.0 Å². The molecule has 0 unspecified atom stereocenters. The van der Waals surface area contributed by atoms with Crippen molar-refractivity contribution in [3.63, 3.8) is 0 Å². The zero-order valence-electron chi connectivity index (χ0n) is 12.7. The summed E-state index contributed by atoms with van der Waals surface area (Å²) in [6.45, 7) is 5.39. The van der Waals surface area contributed by atoms with Gasteiger partial charge >= 0.3 is 0 Å². The molecule has 1 aromatic heterocycles. The van der Waals surface area contributed by atoms with Crippen LogP contribution >= 0.6 is 0 Å². The number of hydrogen-bond acceptors (Lipinski definition) is 5. The van der Waals surface area contributed by atoms with Crippen molar-refractivity contribution in [2.45, 2.75) is 44.4 Å². The summed E-state index contributed by atoms with van der Waals surface area (Å²) < 4.78 is 27.1. The smallest absolute Gasteiger partial charge is 0.243 e. The van der Waals surface area contributed by atoms with Gasteiger partial charge in [-0.2, -0.15) is 0 Å². The Kier molecular flexibility index (Phi) is 5.52. The Labute approximate surface area is 126 Å². The molecular formula is C14H24N4O2S. The van der Waals surface area contributed by atoms with E-state index in [0.717, 1.165) is 18.8 Å². The predicted molar refractivity (Wildman–Crippen MR) is 82.5 cm³/mol. The van der Waals surface area contributed by atoms with E-state index in [1.165, 1.54) is 25.2 Å². The van der Waals surface area contributed by atoms with Gasteiger partial charge in [0.15, 0.2) is 0 Å². The van der Waals surface area contributed by atoms with E-state index in [1.54, 1.807) is 0 Å². The third kappa shape index (κ3) is 4.64. The molecule has 1 aromatic rings. The maximum atomic E-state index is 12.2. The fraction of sp³-hybridized carbons (Fsp3) is 0.714. The number of nitrogens with one attached hydrogen (secondary N) is 2. The first-order valence-corrected chi connectivity index (χ1v) is 9.05. The molecule has 0 atom stereocenters. The average Bonchev–Trinajstić information content (AvgIpc) is 2.48. The minimum Gasteiger partial charge on any atom is -0.355 e. The lowest BCUT2D eigenvalue weighted by Gasteiger charge is -2.26. The van der Waals surface area contributed by atoms with Crippen LogP contribution in [0.25, 0.3) is 0 Å². The van der Waals surface area contributed by atoms with Gasteiger partial charge in [0, 0.05) is 13.1 Å². The monoisotopic (exact) mass is 312 g/mol. The summed E-state index contributed by atoms with van der Waals surface area (Å²) in [6.07, 6.45) is 7.26.